The van der Waals surface area contributed by atoms with E-state index in [1.807, 2.05) is 37.7 Å². The molecule has 19 nitrogen and oxygen atoms in total. The Morgan fingerprint density at radius 1 is 0.986 bits per heavy atom. The van der Waals surface area contributed by atoms with E-state index in [2.05, 4.69) is 10.6 Å². The lowest BCUT2D eigenvalue weighted by Crippen LogP contribution is -2.60. The maximum Gasteiger partial charge on any atom is 0.319 e. The lowest BCUT2D eigenvalue weighted by atomic mass is 9.77. The number of benzene rings is 1. The molecule has 3 heterocycles. The Kier molecular flexibility index (Phi) is 22.6. The normalized spacial score (nSPS) is 39.8. The number of cyclic esters (lactones) is 1. The summed E-state index contributed by atoms with van der Waals surface area (Å²) < 4.78 is 65.0. The Morgan fingerprint density at radius 2 is 1.62 bits per heavy atom. The summed E-state index contributed by atoms with van der Waals surface area (Å²) in [6.07, 6.45) is -9.17. The van der Waals surface area contributed by atoms with Gasteiger partial charge in [-0.1, -0.05) is 20.8 Å². The number of nitrogens with one attached hydrogen (secondary N) is 2. The number of carboxylic acid groups (broad SMARTS) is 1. The zero-order valence-electron chi connectivity index (χ0n) is 42.6. The van der Waals surface area contributed by atoms with Crippen molar-refractivity contribution in [1.82, 2.24) is 15.1 Å². The molecule has 0 unspecified atom stereocenters. The fourth-order valence-corrected chi connectivity index (χ4v) is 10.1. The molecular formula is C48H82F2N4O15. The van der Waals surface area contributed by atoms with Crippen LogP contribution in [0.25, 0.3) is 0 Å². The number of nitrogens with zero attached hydrogens (tertiary/aromatic N) is 2. The van der Waals surface area contributed by atoms with Gasteiger partial charge in [-0.3, -0.25) is 14.5 Å². The first-order valence-electron chi connectivity index (χ1n) is 23.9. The number of methoxy groups -OCH3 is 1. The van der Waals surface area contributed by atoms with Crippen LogP contribution in [0.15, 0.2) is 18.2 Å². The quantitative estimate of drug-likeness (QED) is 0.0848. The van der Waals surface area contributed by atoms with Gasteiger partial charge in [-0.15, -0.1) is 0 Å². The molecule has 0 radical (unpaired) electrons. The Hall–Kier alpha value is -3.19. The molecule has 1 aromatic rings. The SMILES string of the molecule is CC[C@H]1OC(=O)[C@H](C)[C@@H](O[C@H]2C[C@@](C)(OC)[C@@H](O)[C@H](C)O2)[C@H](C)[C@@H](O[C@@H]2O[C@H](C)C[C@H](N(C)C)[C@H]2O)[C@](C)(O)C[C@@H](C)CN(CCCNC(=O)Nc2ccc(F)c(F)c2)[C@H](C)[C@@H](O)[C@]1(C)O.O=CO. The van der Waals surface area contributed by atoms with E-state index in [0.29, 0.717) is 12.8 Å². The number of aliphatic hydroxyl groups excluding tert-OH is 3. The number of hydrogen-bond donors (Lipinski definition) is 8. The third-order valence-corrected chi connectivity index (χ3v) is 14.1. The number of anilines is 1. The van der Waals surface area contributed by atoms with Crippen LogP contribution in [0.5, 0.6) is 0 Å². The Bertz CT molecular complexity index is 1780. The second kappa shape index (κ2) is 26.0. The van der Waals surface area contributed by atoms with Crippen LogP contribution >= 0.6 is 0 Å². The van der Waals surface area contributed by atoms with Crippen molar-refractivity contribution in [3.63, 3.8) is 0 Å². The average molecular weight is 993 g/mol. The molecule has 3 aliphatic heterocycles. The molecule has 3 fully saturated rings. The minimum atomic E-state index is -1.97. The lowest BCUT2D eigenvalue weighted by molar-refractivity contribution is -0.318. The summed E-state index contributed by atoms with van der Waals surface area (Å²) in [5, 5.41) is 71.7. The largest absolute Gasteiger partial charge is 0.483 e. The number of hydrogen-bond acceptors (Lipinski definition) is 16. The van der Waals surface area contributed by atoms with Crippen LogP contribution in [-0.4, -0.2) is 190 Å². The molecule has 3 saturated heterocycles. The molecule has 69 heavy (non-hydrogen) atoms. The van der Waals surface area contributed by atoms with E-state index >= 15 is 0 Å². The highest BCUT2D eigenvalue weighted by Gasteiger charge is 2.53. The summed E-state index contributed by atoms with van der Waals surface area (Å²) in [6.45, 7) is 17.6. The van der Waals surface area contributed by atoms with Gasteiger partial charge in [0, 0.05) is 62.9 Å². The molecule has 3 aliphatic rings. The Balaban J connectivity index is 0.00000409. The maximum absolute atomic E-state index is 14.5. The Morgan fingerprint density at radius 3 is 2.20 bits per heavy atom. The topological polar surface area (TPSA) is 259 Å². The monoisotopic (exact) mass is 993 g/mol. The van der Waals surface area contributed by atoms with E-state index in [1.165, 1.54) is 20.1 Å². The van der Waals surface area contributed by atoms with E-state index in [-0.39, 0.29) is 69.1 Å². The van der Waals surface area contributed by atoms with Crippen molar-refractivity contribution in [2.75, 3.05) is 46.2 Å². The number of urea groups is 1. The van der Waals surface area contributed by atoms with Gasteiger partial charge >= 0.3 is 12.0 Å². The summed E-state index contributed by atoms with van der Waals surface area (Å²) in [5.74, 6) is -5.20. The van der Waals surface area contributed by atoms with Crippen LogP contribution in [-0.2, 0) is 38.0 Å². The van der Waals surface area contributed by atoms with Gasteiger partial charge in [-0.2, -0.15) is 0 Å². The Labute approximate surface area is 406 Å². The second-order valence-corrected chi connectivity index (χ2v) is 20.2. The number of esters is 1. The van der Waals surface area contributed by atoms with Crippen molar-refractivity contribution < 1.29 is 82.2 Å². The van der Waals surface area contributed by atoms with E-state index in [0.717, 1.165) is 12.1 Å². The van der Waals surface area contributed by atoms with E-state index < -0.39 is 114 Å². The molecule has 8 N–H and O–H groups in total. The van der Waals surface area contributed by atoms with Crippen molar-refractivity contribution in [1.29, 1.82) is 0 Å². The van der Waals surface area contributed by atoms with Crippen molar-refractivity contribution in [3.8, 4) is 0 Å². The molecule has 18 atom stereocenters. The molecule has 0 spiro atoms. The highest BCUT2D eigenvalue weighted by molar-refractivity contribution is 5.89. The smallest absolute Gasteiger partial charge is 0.319 e. The zero-order chi connectivity index (χ0) is 52.3. The fourth-order valence-electron chi connectivity index (χ4n) is 10.1. The van der Waals surface area contributed by atoms with Crippen LogP contribution in [0.1, 0.15) is 101 Å². The van der Waals surface area contributed by atoms with Crippen molar-refractivity contribution in [2.24, 2.45) is 17.8 Å². The van der Waals surface area contributed by atoms with Crippen LogP contribution in [0, 0.1) is 29.4 Å². The molecular weight excluding hydrogens is 911 g/mol. The summed E-state index contributed by atoms with van der Waals surface area (Å²) in [5.41, 5.74) is -4.70. The summed E-state index contributed by atoms with van der Waals surface area (Å²) >= 11 is 0. The molecule has 4 rings (SSSR count). The number of likely N-dealkylation sites (N-methyl/N-ethyl adjacent to an activating group) is 1. The van der Waals surface area contributed by atoms with E-state index in [4.69, 9.17) is 38.3 Å². The summed E-state index contributed by atoms with van der Waals surface area (Å²) in [7, 11) is 5.19. The van der Waals surface area contributed by atoms with Gasteiger partial charge in [0.1, 0.15) is 30.0 Å². The van der Waals surface area contributed by atoms with Crippen LogP contribution < -0.4 is 10.6 Å². The molecule has 1 aromatic carbocycles. The van der Waals surface area contributed by atoms with Gasteiger partial charge in [0.2, 0.25) is 0 Å². The predicted octanol–water partition coefficient (Wildman–Crippen LogP) is 3.46. The molecule has 21 heteroatoms. The fraction of sp³-hybridized carbons (Fsp3) is 0.812. The number of carbonyl (C=O) groups is 3. The van der Waals surface area contributed by atoms with Gasteiger partial charge in [0.15, 0.2) is 24.2 Å². The maximum atomic E-state index is 14.5. The predicted molar refractivity (Wildman–Crippen MR) is 250 cm³/mol. The molecule has 0 aromatic heterocycles. The van der Waals surface area contributed by atoms with Gasteiger partial charge < -0.3 is 74.6 Å². The standard InChI is InChI=1S/C47H80F2N4O13.CH2O2/c1-14-35-47(10,60)39(55)29(6)53(19-15-18-50-44(58)51-31-16-17-32(48)33(49)21-31)24-25(2)22-45(8,59)41(66-43-37(54)34(52(11)12)20-26(3)62-43)27(4)38(28(5)42(57)64-35)65-36-23-46(9,61-13)40(56)30(7)63-36;2-1-3/h16-17,21,25-30,34-41,43,54-56,59-60H,14-15,18-20,22-24H2,1-13H3,(H2,50,51,58);1H,(H,2,3)/t25-,26-,27+,28-,29-,30+,34+,35-,36+,37-,38+,39-,40+,41-,43+,45-,46-,47-;/m1./s1. The second-order valence-electron chi connectivity index (χ2n) is 20.2. The zero-order valence-corrected chi connectivity index (χ0v) is 42.6. The first-order chi connectivity index (χ1) is 32.1. The number of aliphatic hydroxyl groups is 5. The molecule has 0 bridgehead atoms. The van der Waals surface area contributed by atoms with Crippen LogP contribution in [0.2, 0.25) is 0 Å². The van der Waals surface area contributed by atoms with E-state index in [9.17, 15) is 43.9 Å². The molecule has 2 amide bonds. The van der Waals surface area contributed by atoms with Crippen molar-refractivity contribution in [2.45, 2.75) is 192 Å². The van der Waals surface area contributed by atoms with Gasteiger partial charge in [-0.25, -0.2) is 13.6 Å². The summed E-state index contributed by atoms with van der Waals surface area (Å²) in [4.78, 5) is 39.4. The van der Waals surface area contributed by atoms with Crippen LogP contribution in [0.3, 0.4) is 0 Å². The number of rotatable bonds is 12. The minimum absolute atomic E-state index is 0.0642. The van der Waals surface area contributed by atoms with Crippen LogP contribution in [0.4, 0.5) is 19.3 Å². The number of carbonyl (C=O) groups excluding carboxylic acids is 2. The van der Waals surface area contributed by atoms with Gasteiger partial charge in [-0.05, 0) is 106 Å². The van der Waals surface area contributed by atoms with E-state index in [1.54, 1.807) is 48.5 Å². The first kappa shape index (κ1) is 60.1. The van der Waals surface area contributed by atoms with Gasteiger partial charge in [0.05, 0.1) is 41.5 Å². The molecule has 0 aliphatic carbocycles. The average Bonchev–Trinajstić information content (AvgIpc) is 3.27. The highest BCUT2D eigenvalue weighted by Crippen LogP contribution is 2.40. The third-order valence-electron chi connectivity index (χ3n) is 14.1. The van der Waals surface area contributed by atoms with Crippen molar-refractivity contribution in [3.05, 3.63) is 29.8 Å². The molecule has 0 saturated carbocycles. The number of amides is 2. The third kappa shape index (κ3) is 15.7. The minimum Gasteiger partial charge on any atom is -0.483 e. The molecule has 398 valence electrons. The van der Waals surface area contributed by atoms with Gasteiger partial charge in [0.25, 0.3) is 6.47 Å². The highest BCUT2D eigenvalue weighted by atomic mass is 19.2. The number of ether oxygens (including phenoxy) is 6. The lowest BCUT2D eigenvalue weighted by Gasteiger charge is -2.48. The van der Waals surface area contributed by atoms with Crippen molar-refractivity contribution >= 4 is 24.2 Å². The number of halogens is 2. The summed E-state index contributed by atoms with van der Waals surface area (Å²) in [6, 6.07) is 1.27. The first-order valence-corrected chi connectivity index (χ1v) is 23.9.